The van der Waals surface area contributed by atoms with Crippen LogP contribution in [-0.2, 0) is 6.54 Å². The van der Waals surface area contributed by atoms with Crippen LogP contribution in [0.3, 0.4) is 0 Å². The van der Waals surface area contributed by atoms with Crippen molar-refractivity contribution in [3.63, 3.8) is 0 Å². The third-order valence-corrected chi connectivity index (χ3v) is 2.73. The van der Waals surface area contributed by atoms with Crippen molar-refractivity contribution in [2.45, 2.75) is 26.4 Å². The summed E-state index contributed by atoms with van der Waals surface area (Å²) < 4.78 is 15.1. The Morgan fingerprint density at radius 2 is 2.17 bits per heavy atom. The largest absolute Gasteiger partial charge is 0.309 e. The van der Waals surface area contributed by atoms with E-state index in [1.54, 1.807) is 12.3 Å². The molecule has 96 valence electrons. The fourth-order valence-electron chi connectivity index (χ4n) is 1.56. The molecule has 0 amide bonds. The van der Waals surface area contributed by atoms with E-state index in [1.807, 2.05) is 6.07 Å². The molecule has 2 rings (SSSR count). The van der Waals surface area contributed by atoms with Crippen molar-refractivity contribution >= 4 is 11.6 Å². The summed E-state index contributed by atoms with van der Waals surface area (Å²) in [6, 6.07) is 6.66. The first-order valence-electron chi connectivity index (χ1n) is 5.79. The Kier molecular flexibility index (Phi) is 3.99. The lowest BCUT2D eigenvalue weighted by Crippen LogP contribution is -2.22. The summed E-state index contributed by atoms with van der Waals surface area (Å²) in [6.45, 7) is 4.79. The van der Waals surface area contributed by atoms with Gasteiger partial charge in [-0.15, -0.1) is 0 Å². The van der Waals surface area contributed by atoms with Gasteiger partial charge in [0, 0.05) is 23.8 Å². The third-order valence-electron chi connectivity index (χ3n) is 2.49. The predicted molar refractivity (Wildman–Crippen MR) is 70.5 cm³/mol. The predicted octanol–water partition coefficient (Wildman–Crippen LogP) is 3.16. The van der Waals surface area contributed by atoms with Gasteiger partial charge in [0.1, 0.15) is 11.5 Å². The molecule has 3 nitrogen and oxygen atoms in total. The molecule has 0 atom stereocenters. The molecule has 0 spiro atoms. The normalized spacial score (nSPS) is 11.2. The van der Waals surface area contributed by atoms with Gasteiger partial charge in [-0.25, -0.2) is 9.07 Å². The first-order chi connectivity index (χ1) is 8.56. The lowest BCUT2D eigenvalue weighted by molar-refractivity contribution is 0.574. The lowest BCUT2D eigenvalue weighted by atomic mass is 10.3. The monoisotopic (exact) mass is 267 g/mol. The van der Waals surface area contributed by atoms with Crippen LogP contribution in [0.2, 0.25) is 5.02 Å². The van der Waals surface area contributed by atoms with Gasteiger partial charge in [-0.05, 0) is 24.3 Å². The SMILES string of the molecule is CC(C)NCc1ccn(-c2cc(Cl)ccc2F)n1. The quantitative estimate of drug-likeness (QED) is 0.922. The van der Waals surface area contributed by atoms with Crippen molar-refractivity contribution in [1.29, 1.82) is 0 Å². The Bertz CT molecular complexity index is 537. The van der Waals surface area contributed by atoms with Crippen molar-refractivity contribution in [1.82, 2.24) is 15.1 Å². The van der Waals surface area contributed by atoms with E-state index in [0.717, 1.165) is 5.69 Å². The summed E-state index contributed by atoms with van der Waals surface area (Å²) in [7, 11) is 0. The van der Waals surface area contributed by atoms with Crippen LogP contribution in [0, 0.1) is 5.82 Å². The summed E-state index contributed by atoms with van der Waals surface area (Å²) in [5.41, 5.74) is 1.22. The number of rotatable bonds is 4. The molecule has 1 N–H and O–H groups in total. The van der Waals surface area contributed by atoms with Crippen molar-refractivity contribution in [2.75, 3.05) is 0 Å². The molecule has 0 unspecified atom stereocenters. The average Bonchev–Trinajstić information content (AvgIpc) is 2.78. The van der Waals surface area contributed by atoms with Gasteiger partial charge in [-0.1, -0.05) is 25.4 Å². The highest BCUT2D eigenvalue weighted by Gasteiger charge is 2.07. The number of hydrogen-bond acceptors (Lipinski definition) is 2. The molecule has 0 saturated heterocycles. The first kappa shape index (κ1) is 13.1. The molecular weight excluding hydrogens is 253 g/mol. The summed E-state index contributed by atoms with van der Waals surface area (Å²) in [5.74, 6) is -0.342. The summed E-state index contributed by atoms with van der Waals surface area (Å²) >= 11 is 5.86. The van der Waals surface area contributed by atoms with E-state index < -0.39 is 0 Å². The fraction of sp³-hybridized carbons (Fsp3) is 0.308. The number of aromatic nitrogens is 2. The van der Waals surface area contributed by atoms with E-state index in [0.29, 0.717) is 23.3 Å². The Morgan fingerprint density at radius 1 is 1.39 bits per heavy atom. The van der Waals surface area contributed by atoms with E-state index >= 15 is 0 Å². The maximum atomic E-state index is 13.6. The van der Waals surface area contributed by atoms with Crippen molar-refractivity contribution in [3.05, 3.63) is 47.0 Å². The van der Waals surface area contributed by atoms with Crippen LogP contribution in [0.1, 0.15) is 19.5 Å². The zero-order valence-corrected chi connectivity index (χ0v) is 11.1. The smallest absolute Gasteiger partial charge is 0.148 e. The van der Waals surface area contributed by atoms with Crippen LogP contribution in [0.25, 0.3) is 5.69 Å². The highest BCUT2D eigenvalue weighted by atomic mass is 35.5. The second kappa shape index (κ2) is 5.50. The van der Waals surface area contributed by atoms with Crippen LogP contribution in [0.4, 0.5) is 4.39 Å². The molecule has 18 heavy (non-hydrogen) atoms. The number of nitrogens with one attached hydrogen (secondary N) is 1. The number of benzene rings is 1. The second-order valence-corrected chi connectivity index (χ2v) is 4.82. The molecule has 1 aromatic carbocycles. The van der Waals surface area contributed by atoms with Crippen molar-refractivity contribution in [3.8, 4) is 5.69 Å². The minimum Gasteiger partial charge on any atom is -0.309 e. The van der Waals surface area contributed by atoms with Crippen LogP contribution < -0.4 is 5.32 Å². The maximum absolute atomic E-state index is 13.6. The highest BCUT2D eigenvalue weighted by Crippen LogP contribution is 2.18. The molecule has 1 heterocycles. The van der Waals surface area contributed by atoms with Gasteiger partial charge in [-0.2, -0.15) is 5.10 Å². The summed E-state index contributed by atoms with van der Waals surface area (Å²) in [6.07, 6.45) is 1.73. The molecule has 1 aromatic heterocycles. The van der Waals surface area contributed by atoms with Crippen molar-refractivity contribution < 1.29 is 4.39 Å². The van der Waals surface area contributed by atoms with Crippen LogP contribution in [0.15, 0.2) is 30.5 Å². The topological polar surface area (TPSA) is 29.9 Å². The minimum absolute atomic E-state index is 0.342. The molecule has 5 heteroatoms. The Morgan fingerprint density at radius 3 is 2.89 bits per heavy atom. The first-order valence-corrected chi connectivity index (χ1v) is 6.17. The standard InChI is InChI=1S/C13H15ClFN3/c1-9(2)16-8-11-5-6-18(17-11)13-7-10(14)3-4-12(13)15/h3-7,9,16H,8H2,1-2H3. The fourth-order valence-corrected chi connectivity index (χ4v) is 1.73. The van der Waals surface area contributed by atoms with Gasteiger partial charge in [0.15, 0.2) is 0 Å². The summed E-state index contributed by atoms with van der Waals surface area (Å²) in [5, 5.41) is 8.06. The summed E-state index contributed by atoms with van der Waals surface area (Å²) in [4.78, 5) is 0. The van der Waals surface area contributed by atoms with Gasteiger partial charge < -0.3 is 5.32 Å². The number of halogens is 2. The Balaban J connectivity index is 2.21. The number of hydrogen-bond donors (Lipinski definition) is 1. The molecule has 2 aromatic rings. The lowest BCUT2D eigenvalue weighted by Gasteiger charge is -2.06. The Hall–Kier alpha value is -1.39. The molecule has 0 aliphatic carbocycles. The van der Waals surface area contributed by atoms with Crippen LogP contribution in [0.5, 0.6) is 0 Å². The zero-order valence-electron chi connectivity index (χ0n) is 10.3. The van der Waals surface area contributed by atoms with E-state index in [9.17, 15) is 4.39 Å². The zero-order chi connectivity index (χ0) is 13.1. The highest BCUT2D eigenvalue weighted by molar-refractivity contribution is 6.30. The van der Waals surface area contributed by atoms with Crippen LogP contribution >= 0.6 is 11.6 Å². The van der Waals surface area contributed by atoms with Gasteiger partial charge in [0.2, 0.25) is 0 Å². The molecule has 0 bridgehead atoms. The average molecular weight is 268 g/mol. The molecular formula is C13H15ClFN3. The van der Waals surface area contributed by atoms with E-state index in [4.69, 9.17) is 11.6 Å². The van der Waals surface area contributed by atoms with Crippen LogP contribution in [-0.4, -0.2) is 15.8 Å². The van der Waals surface area contributed by atoms with Gasteiger partial charge in [-0.3, -0.25) is 0 Å². The molecule has 0 aliphatic rings. The van der Waals surface area contributed by atoms with E-state index in [2.05, 4.69) is 24.3 Å². The molecule has 0 fully saturated rings. The molecule has 0 aliphatic heterocycles. The Labute approximate surface area is 111 Å². The second-order valence-electron chi connectivity index (χ2n) is 4.38. The van der Waals surface area contributed by atoms with Gasteiger partial charge in [0.05, 0.1) is 5.69 Å². The molecule has 0 saturated carbocycles. The minimum atomic E-state index is -0.342. The number of nitrogens with zero attached hydrogens (tertiary/aromatic N) is 2. The van der Waals surface area contributed by atoms with E-state index in [-0.39, 0.29) is 5.82 Å². The maximum Gasteiger partial charge on any atom is 0.148 e. The molecule has 0 radical (unpaired) electrons. The van der Waals surface area contributed by atoms with Crippen molar-refractivity contribution in [2.24, 2.45) is 0 Å². The van der Waals surface area contributed by atoms with Gasteiger partial charge >= 0.3 is 0 Å². The van der Waals surface area contributed by atoms with E-state index in [1.165, 1.54) is 16.8 Å². The van der Waals surface area contributed by atoms with Gasteiger partial charge in [0.25, 0.3) is 0 Å². The third kappa shape index (κ3) is 3.09.